The molecule has 0 bridgehead atoms. The highest BCUT2D eigenvalue weighted by atomic mass is 79.9. The van der Waals surface area contributed by atoms with E-state index in [1.54, 1.807) is 19.1 Å². The molecule has 5 heteroatoms. The first-order valence-electron chi connectivity index (χ1n) is 6.02. The van der Waals surface area contributed by atoms with Gasteiger partial charge in [0.1, 0.15) is 5.75 Å². The van der Waals surface area contributed by atoms with E-state index >= 15 is 0 Å². The van der Waals surface area contributed by atoms with Crippen molar-refractivity contribution in [2.24, 2.45) is 5.92 Å². The lowest BCUT2D eigenvalue weighted by atomic mass is 10.1. The third-order valence-corrected chi connectivity index (χ3v) is 3.68. The predicted octanol–water partition coefficient (Wildman–Crippen LogP) is 4.09. The molecule has 0 saturated heterocycles. The number of rotatable bonds is 7. The molecular weight excluding hydrogens is 298 g/mol. The number of alkyl halides is 1. The molecule has 18 heavy (non-hydrogen) atoms. The standard InChI is InChI=1S/C13H18BrNO3/c1-3-4-11(8-14)9-18-12-5-6-13(15(16)17)10(2)7-12/h5-7,11H,3-4,8-9H2,1-2H3. The number of hydrogen-bond acceptors (Lipinski definition) is 3. The molecule has 0 amide bonds. The SMILES string of the molecule is CCCC(CBr)COc1ccc([N+](=O)[O-])c(C)c1. The van der Waals surface area contributed by atoms with Gasteiger partial charge in [-0.15, -0.1) is 0 Å². The monoisotopic (exact) mass is 315 g/mol. The van der Waals surface area contributed by atoms with Crippen molar-refractivity contribution in [2.45, 2.75) is 26.7 Å². The molecule has 0 saturated carbocycles. The van der Waals surface area contributed by atoms with Gasteiger partial charge in [0, 0.05) is 22.9 Å². The minimum absolute atomic E-state index is 0.132. The Morgan fingerprint density at radius 2 is 2.22 bits per heavy atom. The smallest absolute Gasteiger partial charge is 0.272 e. The summed E-state index contributed by atoms with van der Waals surface area (Å²) in [6.07, 6.45) is 2.23. The maximum atomic E-state index is 10.7. The lowest BCUT2D eigenvalue weighted by molar-refractivity contribution is -0.385. The topological polar surface area (TPSA) is 52.4 Å². The number of hydrogen-bond donors (Lipinski definition) is 0. The fraction of sp³-hybridized carbons (Fsp3) is 0.538. The third kappa shape index (κ3) is 4.29. The number of nitro benzene ring substituents is 1. The van der Waals surface area contributed by atoms with E-state index in [1.165, 1.54) is 6.07 Å². The molecule has 1 aromatic carbocycles. The fourth-order valence-corrected chi connectivity index (χ4v) is 2.26. The molecule has 0 radical (unpaired) electrons. The summed E-state index contributed by atoms with van der Waals surface area (Å²) in [7, 11) is 0. The van der Waals surface area contributed by atoms with Crippen molar-refractivity contribution in [1.82, 2.24) is 0 Å². The van der Waals surface area contributed by atoms with Crippen molar-refractivity contribution in [3.63, 3.8) is 0 Å². The van der Waals surface area contributed by atoms with Gasteiger partial charge in [0.05, 0.1) is 11.5 Å². The molecule has 0 heterocycles. The number of ether oxygens (including phenoxy) is 1. The van der Waals surface area contributed by atoms with Crippen LogP contribution in [0.25, 0.3) is 0 Å². The number of halogens is 1. The molecule has 1 atom stereocenters. The quantitative estimate of drug-likeness (QED) is 0.432. The largest absolute Gasteiger partial charge is 0.493 e. The van der Waals surface area contributed by atoms with E-state index in [2.05, 4.69) is 22.9 Å². The van der Waals surface area contributed by atoms with Crippen molar-refractivity contribution < 1.29 is 9.66 Å². The first-order valence-corrected chi connectivity index (χ1v) is 7.14. The molecule has 1 unspecified atom stereocenters. The maximum absolute atomic E-state index is 10.7. The Morgan fingerprint density at radius 1 is 1.50 bits per heavy atom. The number of benzene rings is 1. The van der Waals surface area contributed by atoms with Crippen molar-refractivity contribution in [2.75, 3.05) is 11.9 Å². The van der Waals surface area contributed by atoms with Crippen LogP contribution >= 0.6 is 15.9 Å². The van der Waals surface area contributed by atoms with E-state index in [0.717, 1.165) is 18.2 Å². The summed E-state index contributed by atoms with van der Waals surface area (Å²) >= 11 is 3.47. The molecule has 0 aliphatic rings. The highest BCUT2D eigenvalue weighted by molar-refractivity contribution is 9.09. The van der Waals surface area contributed by atoms with Gasteiger partial charge >= 0.3 is 0 Å². The van der Waals surface area contributed by atoms with Crippen LogP contribution in [-0.4, -0.2) is 16.9 Å². The van der Waals surface area contributed by atoms with Gasteiger partial charge in [-0.1, -0.05) is 29.3 Å². The Hall–Kier alpha value is -1.10. The van der Waals surface area contributed by atoms with Crippen LogP contribution in [0.3, 0.4) is 0 Å². The van der Waals surface area contributed by atoms with Crippen LogP contribution in [0, 0.1) is 23.0 Å². The van der Waals surface area contributed by atoms with E-state index < -0.39 is 0 Å². The van der Waals surface area contributed by atoms with Crippen LogP contribution in [0.2, 0.25) is 0 Å². The van der Waals surface area contributed by atoms with Crippen molar-refractivity contribution in [3.05, 3.63) is 33.9 Å². The van der Waals surface area contributed by atoms with Gasteiger partial charge < -0.3 is 4.74 Å². The van der Waals surface area contributed by atoms with Crippen molar-refractivity contribution in [1.29, 1.82) is 0 Å². The Balaban J connectivity index is 2.63. The normalized spacial score (nSPS) is 12.2. The van der Waals surface area contributed by atoms with Gasteiger partial charge in [0.25, 0.3) is 5.69 Å². The van der Waals surface area contributed by atoms with Gasteiger partial charge in [-0.3, -0.25) is 10.1 Å². The molecule has 0 fully saturated rings. The van der Waals surface area contributed by atoms with E-state index in [9.17, 15) is 10.1 Å². The molecule has 1 rings (SSSR count). The van der Waals surface area contributed by atoms with Gasteiger partial charge in [-0.05, 0) is 25.5 Å². The lowest BCUT2D eigenvalue weighted by Crippen LogP contribution is -2.13. The highest BCUT2D eigenvalue weighted by Crippen LogP contribution is 2.23. The molecule has 100 valence electrons. The first-order chi connectivity index (χ1) is 8.58. The minimum atomic E-state index is -0.377. The van der Waals surface area contributed by atoms with Crippen LogP contribution in [0.4, 0.5) is 5.69 Å². The summed E-state index contributed by atoms with van der Waals surface area (Å²) in [5.41, 5.74) is 0.760. The Bertz CT molecular complexity index is 409. The van der Waals surface area contributed by atoms with Crippen LogP contribution in [-0.2, 0) is 0 Å². The average Bonchev–Trinajstić information content (AvgIpc) is 2.34. The predicted molar refractivity (Wildman–Crippen MR) is 75.5 cm³/mol. The van der Waals surface area contributed by atoms with Crippen LogP contribution < -0.4 is 4.74 Å². The van der Waals surface area contributed by atoms with Crippen LogP contribution in [0.15, 0.2) is 18.2 Å². The molecule has 0 N–H and O–H groups in total. The minimum Gasteiger partial charge on any atom is -0.493 e. The molecule has 1 aromatic rings. The second-order valence-electron chi connectivity index (χ2n) is 4.33. The zero-order chi connectivity index (χ0) is 13.5. The van der Waals surface area contributed by atoms with Gasteiger partial charge in [0.2, 0.25) is 0 Å². The average molecular weight is 316 g/mol. The summed E-state index contributed by atoms with van der Waals surface area (Å²) < 4.78 is 5.67. The summed E-state index contributed by atoms with van der Waals surface area (Å²) in [6, 6.07) is 4.87. The van der Waals surface area contributed by atoms with E-state index in [-0.39, 0.29) is 10.6 Å². The van der Waals surface area contributed by atoms with Crippen molar-refractivity contribution >= 4 is 21.6 Å². The number of nitro groups is 1. The highest BCUT2D eigenvalue weighted by Gasteiger charge is 2.12. The van der Waals surface area contributed by atoms with E-state index in [0.29, 0.717) is 23.8 Å². The molecule has 0 spiro atoms. The molecule has 4 nitrogen and oxygen atoms in total. The first kappa shape index (κ1) is 15.0. The maximum Gasteiger partial charge on any atom is 0.272 e. The van der Waals surface area contributed by atoms with Crippen molar-refractivity contribution in [3.8, 4) is 5.75 Å². The number of nitrogens with zero attached hydrogens (tertiary/aromatic N) is 1. The Kier molecular flexibility index (Phi) is 6.12. The van der Waals surface area contributed by atoms with Gasteiger partial charge in [0.15, 0.2) is 0 Å². The summed E-state index contributed by atoms with van der Waals surface area (Å²) in [6.45, 7) is 4.50. The van der Waals surface area contributed by atoms with Crippen LogP contribution in [0.5, 0.6) is 5.75 Å². The molecule has 0 aliphatic heterocycles. The number of aryl methyl sites for hydroxylation is 1. The molecular formula is C13H18BrNO3. The summed E-state index contributed by atoms with van der Waals surface area (Å²) in [4.78, 5) is 10.3. The Labute approximate surface area is 116 Å². The van der Waals surface area contributed by atoms with E-state index in [1.807, 2.05) is 0 Å². The second kappa shape index (κ2) is 7.36. The summed E-state index contributed by atoms with van der Waals surface area (Å²) in [5.74, 6) is 1.17. The van der Waals surface area contributed by atoms with Gasteiger partial charge in [-0.25, -0.2) is 0 Å². The Morgan fingerprint density at radius 3 is 2.72 bits per heavy atom. The molecule has 0 aliphatic carbocycles. The third-order valence-electron chi connectivity index (χ3n) is 2.77. The lowest BCUT2D eigenvalue weighted by Gasteiger charge is -2.14. The second-order valence-corrected chi connectivity index (χ2v) is 4.97. The van der Waals surface area contributed by atoms with Crippen LogP contribution in [0.1, 0.15) is 25.3 Å². The fourth-order valence-electron chi connectivity index (χ4n) is 1.75. The summed E-state index contributed by atoms with van der Waals surface area (Å²) in [5, 5.41) is 11.6. The zero-order valence-corrected chi connectivity index (χ0v) is 12.3. The zero-order valence-electron chi connectivity index (χ0n) is 10.7. The van der Waals surface area contributed by atoms with E-state index in [4.69, 9.17) is 4.74 Å². The van der Waals surface area contributed by atoms with Gasteiger partial charge in [-0.2, -0.15) is 0 Å². The molecule has 0 aromatic heterocycles.